The van der Waals surface area contributed by atoms with Crippen LogP contribution in [-0.2, 0) is 19.6 Å². The largest absolute Gasteiger partial charge is 0.378 e. The third kappa shape index (κ3) is 5.12. The van der Waals surface area contributed by atoms with Gasteiger partial charge < -0.3 is 19.5 Å². The molecule has 2 aliphatic heterocycles. The van der Waals surface area contributed by atoms with E-state index in [9.17, 15) is 13.2 Å². The number of piperidine rings is 1. The summed E-state index contributed by atoms with van der Waals surface area (Å²) in [7, 11) is -3.82. The number of hydrogen-bond donors (Lipinski definition) is 1. The lowest BCUT2D eigenvalue weighted by atomic mass is 9.98. The van der Waals surface area contributed by atoms with Crippen LogP contribution in [-0.4, -0.2) is 74.1 Å². The lowest BCUT2D eigenvalue weighted by Gasteiger charge is -2.31. The second-order valence-corrected chi connectivity index (χ2v) is 10.5. The van der Waals surface area contributed by atoms with Gasteiger partial charge in [0.25, 0.3) is 0 Å². The molecule has 3 fully saturated rings. The molecule has 1 N–H and O–H groups in total. The Morgan fingerprint density at radius 1 is 1.13 bits per heavy atom. The van der Waals surface area contributed by atoms with Crippen LogP contribution in [0.15, 0.2) is 15.6 Å². The van der Waals surface area contributed by atoms with Gasteiger partial charge in [0.2, 0.25) is 15.9 Å². The van der Waals surface area contributed by atoms with Gasteiger partial charge in [0.1, 0.15) is 5.69 Å². The van der Waals surface area contributed by atoms with Crippen LogP contribution in [0.3, 0.4) is 0 Å². The second-order valence-electron chi connectivity index (χ2n) is 8.62. The fourth-order valence-corrected chi connectivity index (χ4v) is 6.37. The van der Waals surface area contributed by atoms with E-state index in [1.165, 1.54) is 4.31 Å². The summed E-state index contributed by atoms with van der Waals surface area (Å²) in [5, 5.41) is 7.03. The number of carbonyl (C=O) groups is 1. The van der Waals surface area contributed by atoms with E-state index in [0.29, 0.717) is 38.3 Å². The molecule has 3 aliphatic rings. The molecule has 0 aromatic carbocycles. The van der Waals surface area contributed by atoms with Crippen molar-refractivity contribution < 1.29 is 22.5 Å². The van der Waals surface area contributed by atoms with Crippen LogP contribution in [0.25, 0.3) is 6.08 Å². The monoisotopic (exact) mass is 452 g/mol. The lowest BCUT2D eigenvalue weighted by Crippen LogP contribution is -2.47. The van der Waals surface area contributed by atoms with Crippen molar-refractivity contribution in [3.05, 3.63) is 17.7 Å². The first kappa shape index (κ1) is 22.3. The minimum absolute atomic E-state index is 0.0266. The second kappa shape index (κ2) is 9.70. The number of rotatable bonds is 6. The van der Waals surface area contributed by atoms with Crippen LogP contribution in [0.1, 0.15) is 50.0 Å². The van der Waals surface area contributed by atoms with E-state index in [1.807, 2.05) is 6.20 Å². The number of aryl methyl sites for hydroxylation is 1. The normalized spacial score (nSPS) is 24.2. The number of ether oxygens (including phenoxy) is 1. The molecule has 1 saturated carbocycles. The van der Waals surface area contributed by atoms with Crippen LogP contribution in [0, 0.1) is 12.8 Å². The van der Waals surface area contributed by atoms with Gasteiger partial charge in [-0.15, -0.1) is 0 Å². The van der Waals surface area contributed by atoms with E-state index in [0.717, 1.165) is 38.8 Å². The highest BCUT2D eigenvalue weighted by molar-refractivity contribution is 7.89. The van der Waals surface area contributed by atoms with Crippen molar-refractivity contribution in [3.63, 3.8) is 0 Å². The highest BCUT2D eigenvalue weighted by Gasteiger charge is 2.37. The van der Waals surface area contributed by atoms with Gasteiger partial charge >= 0.3 is 0 Å². The Morgan fingerprint density at radius 2 is 1.87 bits per heavy atom. The summed E-state index contributed by atoms with van der Waals surface area (Å²) in [6, 6.07) is 0.233. The van der Waals surface area contributed by atoms with Crippen molar-refractivity contribution in [1.82, 2.24) is 19.7 Å². The number of sulfonamides is 1. The number of morpholine rings is 1. The van der Waals surface area contributed by atoms with Crippen LogP contribution < -0.4 is 5.32 Å². The van der Waals surface area contributed by atoms with E-state index in [1.54, 1.807) is 13.0 Å². The Kier molecular flexibility index (Phi) is 6.98. The third-order valence-corrected chi connectivity index (χ3v) is 8.39. The molecule has 0 spiro atoms. The van der Waals surface area contributed by atoms with Gasteiger partial charge in [-0.1, -0.05) is 18.0 Å². The Balaban J connectivity index is 1.48. The van der Waals surface area contributed by atoms with Crippen LogP contribution in [0.2, 0.25) is 0 Å². The number of amides is 1. The molecule has 31 heavy (non-hydrogen) atoms. The van der Waals surface area contributed by atoms with Crippen molar-refractivity contribution >= 4 is 22.0 Å². The zero-order valence-electron chi connectivity index (χ0n) is 18.1. The van der Waals surface area contributed by atoms with Crippen LogP contribution >= 0.6 is 0 Å². The fraction of sp³-hybridized carbons (Fsp3) is 0.714. The van der Waals surface area contributed by atoms with Gasteiger partial charge in [0.05, 0.1) is 19.1 Å². The molecule has 4 rings (SSSR count). The highest BCUT2D eigenvalue weighted by Crippen LogP contribution is 2.29. The zero-order chi connectivity index (χ0) is 21.8. The average Bonchev–Trinajstić information content (AvgIpc) is 3.42. The third-order valence-electron chi connectivity index (χ3n) is 6.37. The zero-order valence-corrected chi connectivity index (χ0v) is 18.9. The Hall–Kier alpha value is -1.91. The van der Waals surface area contributed by atoms with Crippen LogP contribution in [0.4, 0.5) is 0 Å². The maximum Gasteiger partial charge on any atom is 0.248 e. The molecule has 2 saturated heterocycles. The first-order valence-electron chi connectivity index (χ1n) is 11.2. The smallest absolute Gasteiger partial charge is 0.248 e. The van der Waals surface area contributed by atoms with Crippen LogP contribution in [0.5, 0.6) is 0 Å². The maximum atomic E-state index is 13.5. The Bertz CT molecular complexity index is 901. The molecule has 3 heterocycles. The first-order chi connectivity index (χ1) is 14.9. The minimum atomic E-state index is -3.82. The summed E-state index contributed by atoms with van der Waals surface area (Å²) in [5.74, 6) is -0.126. The predicted octanol–water partition coefficient (Wildman–Crippen LogP) is 1.75. The van der Waals surface area contributed by atoms with Gasteiger partial charge in [-0.3, -0.25) is 4.79 Å². The molecule has 1 unspecified atom stereocenters. The predicted molar refractivity (Wildman–Crippen MR) is 115 cm³/mol. The molecule has 172 valence electrons. The SMILES string of the molecule is Cc1noc(C=CN2CCOCC2)c1S(=O)(=O)N1CCCC(C(=O)NC2CCCC2)C1. The van der Waals surface area contributed by atoms with Crippen molar-refractivity contribution in [3.8, 4) is 0 Å². The van der Waals surface area contributed by atoms with Gasteiger partial charge in [0, 0.05) is 44.5 Å². The van der Waals surface area contributed by atoms with Crippen molar-refractivity contribution in [1.29, 1.82) is 0 Å². The number of hydrogen-bond acceptors (Lipinski definition) is 7. The molecule has 10 heteroatoms. The lowest BCUT2D eigenvalue weighted by molar-refractivity contribution is -0.126. The highest BCUT2D eigenvalue weighted by atomic mass is 32.2. The van der Waals surface area contributed by atoms with Gasteiger partial charge in [-0.25, -0.2) is 8.42 Å². The topological polar surface area (TPSA) is 105 Å². The summed E-state index contributed by atoms with van der Waals surface area (Å²) in [6.07, 6.45) is 9.16. The van der Waals surface area contributed by atoms with Gasteiger partial charge in [-0.05, 0) is 32.6 Å². The van der Waals surface area contributed by atoms with E-state index in [-0.39, 0.29) is 35.1 Å². The van der Waals surface area contributed by atoms with Gasteiger partial charge in [-0.2, -0.15) is 4.31 Å². The summed E-state index contributed by atoms with van der Waals surface area (Å²) in [4.78, 5) is 14.9. The van der Waals surface area contributed by atoms with Crippen molar-refractivity contribution in [2.75, 3.05) is 39.4 Å². The Morgan fingerprint density at radius 3 is 2.61 bits per heavy atom. The molecule has 1 atom stereocenters. The molecular weight excluding hydrogens is 420 g/mol. The molecule has 1 aromatic rings. The summed E-state index contributed by atoms with van der Waals surface area (Å²) in [6.45, 7) is 5.00. The average molecular weight is 453 g/mol. The first-order valence-corrected chi connectivity index (χ1v) is 12.7. The number of nitrogens with one attached hydrogen (secondary N) is 1. The fourth-order valence-electron chi connectivity index (χ4n) is 4.59. The molecule has 1 aliphatic carbocycles. The Labute approximate surface area is 183 Å². The van der Waals surface area contributed by atoms with E-state index in [2.05, 4.69) is 15.4 Å². The molecule has 0 radical (unpaired) electrons. The molecule has 1 amide bonds. The minimum Gasteiger partial charge on any atom is -0.378 e. The maximum absolute atomic E-state index is 13.5. The number of carbonyl (C=O) groups excluding carboxylic acids is 1. The van der Waals surface area contributed by atoms with Gasteiger partial charge in [0.15, 0.2) is 10.7 Å². The summed E-state index contributed by atoms with van der Waals surface area (Å²) >= 11 is 0. The molecule has 0 bridgehead atoms. The summed E-state index contributed by atoms with van der Waals surface area (Å²) in [5.41, 5.74) is 0.333. The molecule has 1 aromatic heterocycles. The van der Waals surface area contributed by atoms with E-state index in [4.69, 9.17) is 9.26 Å². The van der Waals surface area contributed by atoms with Crippen molar-refractivity contribution in [2.45, 2.75) is 56.4 Å². The van der Waals surface area contributed by atoms with E-state index < -0.39 is 10.0 Å². The quantitative estimate of drug-likeness (QED) is 0.701. The standard InChI is InChI=1S/C21H32N4O5S/c1-16-20(19(30-23-16)8-10-24-11-13-29-14-12-24)31(27,28)25-9-4-5-17(15-25)21(26)22-18-6-2-3-7-18/h8,10,17-18H,2-7,9,11-15H2,1H3,(H,22,26). The summed E-state index contributed by atoms with van der Waals surface area (Å²) < 4.78 is 39.1. The van der Waals surface area contributed by atoms with Crippen molar-refractivity contribution in [2.24, 2.45) is 5.92 Å². The van der Waals surface area contributed by atoms with E-state index >= 15 is 0 Å². The molecular formula is C21H32N4O5S. The molecule has 9 nitrogen and oxygen atoms in total. The number of nitrogens with zero attached hydrogens (tertiary/aromatic N) is 3. The number of aromatic nitrogens is 1.